The number of nitrogens with zero attached hydrogens (tertiary/aromatic N) is 2. The molecule has 0 saturated carbocycles. The lowest BCUT2D eigenvalue weighted by Gasteiger charge is -2.09. The Morgan fingerprint density at radius 2 is 1.72 bits per heavy atom. The van der Waals surface area contributed by atoms with E-state index in [1.807, 2.05) is 73.7 Å². The molecule has 0 N–H and O–H groups in total. The average Bonchev–Trinajstić information content (AvgIpc) is 3.46. The molecule has 226 valence electrons. The standard InChI is InChI=1S/C36H42N2O4S/c1-4-6-19-41-20-21-42-34-14-12-31(13-15-34)32-9-7-8-30(23-32)22-28(3)36(39)24-29-10-16-35(17-11-29)43(40)26-33-25-37-27-38(33)18-5-2/h7-17,22-23,25,27H,4-6,18-21,24,26H2,1-3H3/b28-22+/t43-/m1/s1. The summed E-state index contributed by atoms with van der Waals surface area (Å²) >= 11 is 0. The minimum absolute atomic E-state index is 0.0583. The Bertz CT molecular complexity index is 1510. The van der Waals surface area contributed by atoms with E-state index in [1.165, 1.54) is 0 Å². The lowest BCUT2D eigenvalue weighted by atomic mass is 9.99. The molecular weight excluding hydrogens is 556 g/mol. The van der Waals surface area contributed by atoms with Crippen LogP contribution in [0.3, 0.4) is 0 Å². The number of Topliss-reactive ketones (excluding diaryl/α,β-unsaturated/α-hetero) is 1. The molecule has 0 bridgehead atoms. The molecule has 0 spiro atoms. The highest BCUT2D eigenvalue weighted by Gasteiger charge is 2.11. The molecule has 0 radical (unpaired) electrons. The SMILES string of the molecule is CCCCOCCOc1ccc(-c2cccc(/C=C(\C)C(=O)Cc3ccc([S@](=O)Cc4cncn4CCC)cc3)c2)cc1. The molecule has 0 unspecified atom stereocenters. The van der Waals surface area contributed by atoms with Gasteiger partial charge in [-0.25, -0.2) is 4.98 Å². The van der Waals surface area contributed by atoms with Crippen molar-refractivity contribution < 1.29 is 18.5 Å². The summed E-state index contributed by atoms with van der Waals surface area (Å²) in [6.07, 6.45) is 9.00. The molecule has 0 aliphatic heterocycles. The first kappa shape index (κ1) is 32.1. The highest BCUT2D eigenvalue weighted by molar-refractivity contribution is 7.84. The van der Waals surface area contributed by atoms with E-state index in [0.717, 1.165) is 71.0 Å². The number of allylic oxidation sites excluding steroid dienone is 1. The van der Waals surface area contributed by atoms with Crippen LogP contribution in [0.5, 0.6) is 5.75 Å². The summed E-state index contributed by atoms with van der Waals surface area (Å²) in [5, 5.41) is 0. The van der Waals surface area contributed by atoms with Gasteiger partial charge in [0.1, 0.15) is 12.4 Å². The predicted molar refractivity (Wildman–Crippen MR) is 175 cm³/mol. The van der Waals surface area contributed by atoms with Gasteiger partial charge in [-0.05, 0) is 84.0 Å². The van der Waals surface area contributed by atoms with Crippen molar-refractivity contribution in [3.8, 4) is 16.9 Å². The van der Waals surface area contributed by atoms with Gasteiger partial charge >= 0.3 is 0 Å². The predicted octanol–water partition coefficient (Wildman–Crippen LogP) is 7.68. The Morgan fingerprint density at radius 1 is 0.930 bits per heavy atom. The van der Waals surface area contributed by atoms with Crippen molar-refractivity contribution in [3.05, 3.63) is 108 Å². The van der Waals surface area contributed by atoms with Crippen LogP contribution in [0.15, 0.2) is 95.8 Å². The van der Waals surface area contributed by atoms with Crippen LogP contribution >= 0.6 is 0 Å². The van der Waals surface area contributed by atoms with Crippen molar-refractivity contribution in [2.75, 3.05) is 19.8 Å². The van der Waals surface area contributed by atoms with Crippen molar-refractivity contribution in [3.63, 3.8) is 0 Å². The van der Waals surface area contributed by atoms with Gasteiger partial charge in [0.2, 0.25) is 0 Å². The number of benzene rings is 3. The van der Waals surface area contributed by atoms with Crippen LogP contribution in [-0.2, 0) is 39.0 Å². The van der Waals surface area contributed by atoms with Crippen LogP contribution in [0.25, 0.3) is 17.2 Å². The summed E-state index contributed by atoms with van der Waals surface area (Å²) < 4.78 is 26.3. The molecule has 3 aromatic carbocycles. The van der Waals surface area contributed by atoms with Gasteiger partial charge in [-0.3, -0.25) is 9.00 Å². The Hall–Kier alpha value is -3.81. The number of rotatable bonds is 17. The minimum atomic E-state index is -1.18. The molecule has 1 atom stereocenters. The fraction of sp³-hybridized carbons (Fsp3) is 0.333. The number of carbonyl (C=O) groups is 1. The number of carbonyl (C=O) groups excluding carboxylic acids is 1. The van der Waals surface area contributed by atoms with Crippen LogP contribution in [0, 0.1) is 0 Å². The fourth-order valence-corrected chi connectivity index (χ4v) is 5.78. The van der Waals surface area contributed by atoms with E-state index in [4.69, 9.17) is 9.47 Å². The van der Waals surface area contributed by atoms with Crippen molar-refractivity contribution in [2.24, 2.45) is 0 Å². The van der Waals surface area contributed by atoms with Crippen LogP contribution in [0.2, 0.25) is 0 Å². The van der Waals surface area contributed by atoms with Crippen molar-refractivity contribution in [1.29, 1.82) is 0 Å². The third-order valence-corrected chi connectivity index (χ3v) is 8.48. The van der Waals surface area contributed by atoms with Gasteiger partial charge < -0.3 is 14.0 Å². The molecule has 0 aliphatic rings. The lowest BCUT2D eigenvalue weighted by Crippen LogP contribution is -2.07. The van der Waals surface area contributed by atoms with E-state index in [-0.39, 0.29) is 5.78 Å². The normalized spacial score (nSPS) is 12.3. The molecule has 0 fully saturated rings. The second kappa shape index (κ2) is 16.7. The summed E-state index contributed by atoms with van der Waals surface area (Å²) in [5.74, 6) is 1.30. The maximum Gasteiger partial charge on any atom is 0.162 e. The molecule has 6 nitrogen and oxygen atoms in total. The molecule has 43 heavy (non-hydrogen) atoms. The first-order chi connectivity index (χ1) is 21.0. The highest BCUT2D eigenvalue weighted by atomic mass is 32.2. The van der Waals surface area contributed by atoms with E-state index in [0.29, 0.717) is 31.0 Å². The van der Waals surface area contributed by atoms with Crippen molar-refractivity contribution in [2.45, 2.75) is 63.6 Å². The minimum Gasteiger partial charge on any atom is -0.491 e. The molecule has 1 heterocycles. The van der Waals surface area contributed by atoms with Gasteiger partial charge in [-0.15, -0.1) is 0 Å². The molecule has 0 amide bonds. The van der Waals surface area contributed by atoms with Crippen LogP contribution in [-0.4, -0.2) is 39.4 Å². The Kier molecular flexibility index (Phi) is 12.5. The van der Waals surface area contributed by atoms with Gasteiger partial charge in [0.15, 0.2) is 5.78 Å². The number of hydrogen-bond donors (Lipinski definition) is 0. The Balaban J connectivity index is 1.31. The van der Waals surface area contributed by atoms with Crippen LogP contribution in [0.1, 0.15) is 56.9 Å². The molecule has 0 aliphatic carbocycles. The second-order valence-corrected chi connectivity index (χ2v) is 12.1. The van der Waals surface area contributed by atoms with E-state index in [9.17, 15) is 9.00 Å². The van der Waals surface area contributed by atoms with E-state index >= 15 is 0 Å². The third kappa shape index (κ3) is 9.87. The first-order valence-electron chi connectivity index (χ1n) is 15.1. The monoisotopic (exact) mass is 598 g/mol. The van der Waals surface area contributed by atoms with Crippen molar-refractivity contribution >= 4 is 22.7 Å². The fourth-order valence-electron chi connectivity index (χ4n) is 4.66. The molecule has 7 heteroatoms. The number of ether oxygens (including phenoxy) is 2. The average molecular weight is 599 g/mol. The number of ketones is 1. The van der Waals surface area contributed by atoms with E-state index in [1.54, 1.807) is 12.5 Å². The van der Waals surface area contributed by atoms with Crippen molar-refractivity contribution in [1.82, 2.24) is 9.55 Å². The van der Waals surface area contributed by atoms with E-state index in [2.05, 4.69) is 35.5 Å². The van der Waals surface area contributed by atoms with Crippen LogP contribution < -0.4 is 4.74 Å². The lowest BCUT2D eigenvalue weighted by molar-refractivity contribution is -0.114. The van der Waals surface area contributed by atoms with Gasteiger partial charge in [-0.1, -0.05) is 62.7 Å². The first-order valence-corrected chi connectivity index (χ1v) is 16.4. The van der Waals surface area contributed by atoms with Gasteiger partial charge in [0.25, 0.3) is 0 Å². The van der Waals surface area contributed by atoms with Crippen LogP contribution in [0.4, 0.5) is 0 Å². The summed E-state index contributed by atoms with van der Waals surface area (Å²) in [6.45, 7) is 8.88. The number of aryl methyl sites for hydroxylation is 1. The number of unbranched alkanes of at least 4 members (excludes halogenated alkanes) is 1. The second-order valence-electron chi connectivity index (χ2n) is 10.6. The number of hydrogen-bond acceptors (Lipinski definition) is 5. The summed E-state index contributed by atoms with van der Waals surface area (Å²) in [4.78, 5) is 18.0. The van der Waals surface area contributed by atoms with Gasteiger partial charge in [-0.2, -0.15) is 0 Å². The Morgan fingerprint density at radius 3 is 2.47 bits per heavy atom. The number of imidazole rings is 1. The molecule has 4 aromatic rings. The third-order valence-electron chi connectivity index (χ3n) is 7.13. The highest BCUT2D eigenvalue weighted by Crippen LogP contribution is 2.24. The molecular formula is C36H42N2O4S. The molecule has 1 aromatic heterocycles. The zero-order valence-electron chi connectivity index (χ0n) is 25.5. The molecule has 4 rings (SSSR count). The summed E-state index contributed by atoms with van der Waals surface area (Å²) in [6, 6.07) is 23.7. The maximum absolute atomic E-state index is 13.0. The van der Waals surface area contributed by atoms with Gasteiger partial charge in [0, 0.05) is 30.7 Å². The molecule has 0 saturated heterocycles. The Labute approximate surface area is 258 Å². The summed E-state index contributed by atoms with van der Waals surface area (Å²) in [7, 11) is -1.18. The smallest absolute Gasteiger partial charge is 0.162 e. The summed E-state index contributed by atoms with van der Waals surface area (Å²) in [5.41, 5.74) is 5.69. The zero-order valence-corrected chi connectivity index (χ0v) is 26.3. The zero-order chi connectivity index (χ0) is 30.4. The number of aromatic nitrogens is 2. The maximum atomic E-state index is 13.0. The topological polar surface area (TPSA) is 70.4 Å². The van der Waals surface area contributed by atoms with E-state index < -0.39 is 10.8 Å². The van der Waals surface area contributed by atoms with Gasteiger partial charge in [0.05, 0.1) is 35.2 Å². The largest absolute Gasteiger partial charge is 0.491 e. The quantitative estimate of drug-likeness (QED) is 0.0921.